The molecule has 0 radical (unpaired) electrons. The van der Waals surface area contributed by atoms with Gasteiger partial charge in [-0.1, -0.05) is 19.1 Å². The van der Waals surface area contributed by atoms with Crippen molar-refractivity contribution in [1.82, 2.24) is 0 Å². The maximum atomic E-state index is 5.65. The van der Waals surface area contributed by atoms with E-state index in [9.17, 15) is 0 Å². The fourth-order valence-corrected chi connectivity index (χ4v) is 2.90. The third-order valence-electron chi connectivity index (χ3n) is 3.43. The molecule has 2 aromatic carbocycles. The van der Waals surface area contributed by atoms with Crippen molar-refractivity contribution in [2.24, 2.45) is 0 Å². The molecule has 2 rings (SSSR count). The molecule has 2 aromatic rings. The molecule has 0 spiro atoms. The van der Waals surface area contributed by atoms with Gasteiger partial charge in [-0.2, -0.15) is 0 Å². The number of anilines is 1. The van der Waals surface area contributed by atoms with E-state index in [0.29, 0.717) is 6.61 Å². The van der Waals surface area contributed by atoms with E-state index in [1.54, 1.807) is 7.11 Å². The fraction of sp³-hybridized carbons (Fsp3) is 0.333. The second kappa shape index (κ2) is 8.08. The lowest BCUT2D eigenvalue weighted by Crippen LogP contribution is -2.02. The number of ether oxygens (including phenoxy) is 2. The van der Waals surface area contributed by atoms with Crippen molar-refractivity contribution < 1.29 is 9.47 Å². The predicted octanol–water partition coefficient (Wildman–Crippen LogP) is 5.03. The van der Waals surface area contributed by atoms with Gasteiger partial charge in [0.1, 0.15) is 0 Å². The molecule has 118 valence electrons. The molecule has 0 fully saturated rings. The van der Waals surface area contributed by atoms with Crippen LogP contribution in [0.3, 0.4) is 0 Å². The van der Waals surface area contributed by atoms with Crippen molar-refractivity contribution in [3.05, 3.63) is 52.0 Å². The Hall–Kier alpha value is -1.68. The van der Waals surface area contributed by atoms with Crippen molar-refractivity contribution in [2.75, 3.05) is 19.0 Å². The first kappa shape index (κ1) is 16.7. The van der Waals surface area contributed by atoms with Crippen LogP contribution in [0.1, 0.15) is 25.0 Å². The third-order valence-corrected chi connectivity index (χ3v) is 4.02. The molecule has 0 aliphatic carbocycles. The smallest absolute Gasteiger partial charge is 0.174 e. The predicted molar refractivity (Wildman–Crippen MR) is 95.0 cm³/mol. The summed E-state index contributed by atoms with van der Waals surface area (Å²) in [7, 11) is 1.65. The van der Waals surface area contributed by atoms with Crippen molar-refractivity contribution in [3.8, 4) is 11.5 Å². The number of nitrogens with one attached hydrogen (secondary N) is 1. The van der Waals surface area contributed by atoms with E-state index in [1.807, 2.05) is 13.0 Å². The Morgan fingerprint density at radius 3 is 2.36 bits per heavy atom. The van der Waals surface area contributed by atoms with E-state index in [4.69, 9.17) is 9.47 Å². The monoisotopic (exact) mass is 363 g/mol. The van der Waals surface area contributed by atoms with E-state index in [2.05, 4.69) is 58.5 Å². The number of hydrogen-bond donors (Lipinski definition) is 1. The molecule has 4 heteroatoms. The highest BCUT2D eigenvalue weighted by Gasteiger charge is 2.11. The topological polar surface area (TPSA) is 30.5 Å². The first-order chi connectivity index (χ1) is 10.7. The van der Waals surface area contributed by atoms with Crippen LogP contribution in [0.5, 0.6) is 11.5 Å². The number of methoxy groups -OCH3 is 1. The molecule has 0 bridgehead atoms. The molecule has 0 amide bonds. The average Bonchev–Trinajstić information content (AvgIpc) is 2.53. The Morgan fingerprint density at radius 2 is 1.77 bits per heavy atom. The summed E-state index contributed by atoms with van der Waals surface area (Å²) in [6.45, 7) is 5.46. The van der Waals surface area contributed by atoms with Crippen LogP contribution >= 0.6 is 15.9 Å². The Morgan fingerprint density at radius 1 is 1.05 bits per heavy atom. The van der Waals surface area contributed by atoms with Gasteiger partial charge >= 0.3 is 0 Å². The first-order valence-corrected chi connectivity index (χ1v) is 8.29. The molecule has 22 heavy (non-hydrogen) atoms. The van der Waals surface area contributed by atoms with E-state index in [1.165, 1.54) is 5.56 Å². The molecule has 0 aromatic heterocycles. The molecule has 0 saturated heterocycles. The average molecular weight is 364 g/mol. The molecule has 0 saturated carbocycles. The molecular formula is C18H22BrNO2. The lowest BCUT2D eigenvalue weighted by Gasteiger charge is -2.14. The highest BCUT2D eigenvalue weighted by atomic mass is 79.9. The quantitative estimate of drug-likeness (QED) is 0.747. The van der Waals surface area contributed by atoms with E-state index in [-0.39, 0.29) is 0 Å². The Kier molecular flexibility index (Phi) is 6.13. The second-order valence-corrected chi connectivity index (χ2v) is 5.80. The Labute approximate surface area is 140 Å². The first-order valence-electron chi connectivity index (χ1n) is 7.50. The third kappa shape index (κ3) is 4.17. The summed E-state index contributed by atoms with van der Waals surface area (Å²) >= 11 is 3.54. The number of aryl methyl sites for hydroxylation is 1. The lowest BCUT2D eigenvalue weighted by molar-refractivity contribution is 0.309. The summed E-state index contributed by atoms with van der Waals surface area (Å²) in [6, 6.07) is 12.6. The zero-order chi connectivity index (χ0) is 15.9. The highest BCUT2D eigenvalue weighted by molar-refractivity contribution is 9.10. The molecule has 1 N–H and O–H groups in total. The van der Waals surface area contributed by atoms with Crippen molar-refractivity contribution in [1.29, 1.82) is 0 Å². The minimum Gasteiger partial charge on any atom is -0.492 e. The van der Waals surface area contributed by atoms with Crippen LogP contribution in [0.2, 0.25) is 0 Å². The standard InChI is InChI=1S/C18H22BrNO2/c1-4-13-6-8-15(9-7-13)20-12-14-10-16(19)18(21-3)17(11-14)22-5-2/h6-11,20H,4-5,12H2,1-3H3. The highest BCUT2D eigenvalue weighted by Crippen LogP contribution is 2.36. The fourth-order valence-electron chi connectivity index (χ4n) is 2.25. The summed E-state index contributed by atoms with van der Waals surface area (Å²) in [5.74, 6) is 1.50. The van der Waals surface area contributed by atoms with Gasteiger partial charge < -0.3 is 14.8 Å². The normalized spacial score (nSPS) is 10.4. The minimum absolute atomic E-state index is 0.609. The van der Waals surface area contributed by atoms with Gasteiger partial charge in [0, 0.05) is 12.2 Å². The summed E-state index contributed by atoms with van der Waals surface area (Å²) in [6.07, 6.45) is 1.06. The van der Waals surface area contributed by atoms with Gasteiger partial charge in [0.05, 0.1) is 18.2 Å². The van der Waals surface area contributed by atoms with Crippen LogP contribution in [0.25, 0.3) is 0 Å². The number of halogens is 1. The largest absolute Gasteiger partial charge is 0.492 e. The summed E-state index contributed by atoms with van der Waals surface area (Å²) in [5.41, 5.74) is 3.59. The minimum atomic E-state index is 0.609. The number of rotatable bonds is 7. The van der Waals surface area contributed by atoms with Crippen LogP contribution in [0.4, 0.5) is 5.69 Å². The van der Waals surface area contributed by atoms with Gasteiger partial charge in [-0.05, 0) is 64.7 Å². The van der Waals surface area contributed by atoms with Crippen molar-refractivity contribution in [3.63, 3.8) is 0 Å². The van der Waals surface area contributed by atoms with E-state index >= 15 is 0 Å². The Balaban J connectivity index is 2.11. The summed E-state index contributed by atoms with van der Waals surface area (Å²) in [4.78, 5) is 0. The molecule has 0 atom stereocenters. The Bertz CT molecular complexity index is 611. The van der Waals surface area contributed by atoms with Gasteiger partial charge in [0.15, 0.2) is 11.5 Å². The van der Waals surface area contributed by atoms with Gasteiger partial charge in [0.25, 0.3) is 0 Å². The second-order valence-electron chi connectivity index (χ2n) is 4.95. The van der Waals surface area contributed by atoms with Crippen LogP contribution in [-0.4, -0.2) is 13.7 Å². The molecule has 0 heterocycles. The van der Waals surface area contributed by atoms with Gasteiger partial charge in [0.2, 0.25) is 0 Å². The summed E-state index contributed by atoms with van der Waals surface area (Å²) < 4.78 is 11.9. The van der Waals surface area contributed by atoms with Crippen LogP contribution in [0.15, 0.2) is 40.9 Å². The zero-order valence-electron chi connectivity index (χ0n) is 13.3. The van der Waals surface area contributed by atoms with E-state index in [0.717, 1.165) is 40.2 Å². The van der Waals surface area contributed by atoms with Crippen LogP contribution in [-0.2, 0) is 13.0 Å². The molecular weight excluding hydrogens is 342 g/mol. The summed E-state index contributed by atoms with van der Waals surface area (Å²) in [5, 5.41) is 3.43. The lowest BCUT2D eigenvalue weighted by atomic mass is 10.1. The van der Waals surface area contributed by atoms with Crippen molar-refractivity contribution in [2.45, 2.75) is 26.8 Å². The van der Waals surface area contributed by atoms with Gasteiger partial charge in [-0.25, -0.2) is 0 Å². The SMILES string of the molecule is CCOc1cc(CNc2ccc(CC)cc2)cc(Br)c1OC. The van der Waals surface area contributed by atoms with Crippen LogP contribution in [0, 0.1) is 0 Å². The molecule has 0 unspecified atom stereocenters. The van der Waals surface area contributed by atoms with Crippen LogP contribution < -0.4 is 14.8 Å². The molecule has 3 nitrogen and oxygen atoms in total. The molecule has 0 aliphatic rings. The van der Waals surface area contributed by atoms with Gasteiger partial charge in [-0.3, -0.25) is 0 Å². The van der Waals surface area contributed by atoms with E-state index < -0.39 is 0 Å². The number of hydrogen-bond acceptors (Lipinski definition) is 3. The zero-order valence-corrected chi connectivity index (χ0v) is 14.9. The number of benzene rings is 2. The maximum absolute atomic E-state index is 5.65. The van der Waals surface area contributed by atoms with Gasteiger partial charge in [-0.15, -0.1) is 0 Å². The van der Waals surface area contributed by atoms with Crippen molar-refractivity contribution >= 4 is 21.6 Å². The molecule has 0 aliphatic heterocycles. The maximum Gasteiger partial charge on any atom is 0.174 e.